The molecule has 0 atom stereocenters. The van der Waals surface area contributed by atoms with Crippen molar-refractivity contribution in [1.82, 2.24) is 5.32 Å². The molecule has 0 aromatic heterocycles. The highest BCUT2D eigenvalue weighted by atomic mass is 16.7. The molecule has 0 spiro atoms. The van der Waals surface area contributed by atoms with Crippen molar-refractivity contribution < 1.29 is 15.3 Å². The Kier molecular flexibility index (Phi) is 6.63. The Bertz CT molecular complexity index is 42.3. The first-order valence-corrected chi connectivity index (χ1v) is 2.00. The fourth-order valence-corrected chi connectivity index (χ4v) is 0. The van der Waals surface area contributed by atoms with E-state index in [9.17, 15) is 0 Å². The first-order chi connectivity index (χ1) is 3.56. The van der Waals surface area contributed by atoms with Crippen molar-refractivity contribution in [3.05, 3.63) is 0 Å². The standard InChI is InChI=1S/C2H7NO3.CH5N/c1-3-2(4,5)6;1-2/h3-6H,1H3;2H2,1H3. The summed E-state index contributed by atoms with van der Waals surface area (Å²) in [5.41, 5.74) is 4.50. The molecule has 0 aliphatic heterocycles. The van der Waals surface area contributed by atoms with E-state index in [-0.39, 0.29) is 0 Å². The highest BCUT2D eigenvalue weighted by Crippen LogP contribution is 1.77. The summed E-state index contributed by atoms with van der Waals surface area (Å²) >= 11 is 0. The second-order valence-electron chi connectivity index (χ2n) is 0.885. The second-order valence-corrected chi connectivity index (χ2v) is 0.885. The van der Waals surface area contributed by atoms with Crippen molar-refractivity contribution in [2.45, 2.75) is 6.10 Å². The van der Waals surface area contributed by atoms with Gasteiger partial charge in [0.25, 0.3) is 0 Å². The van der Waals surface area contributed by atoms with Gasteiger partial charge < -0.3 is 21.1 Å². The summed E-state index contributed by atoms with van der Waals surface area (Å²) in [5.74, 6) is 0. The third-order valence-electron chi connectivity index (χ3n) is 0.335. The lowest BCUT2D eigenvalue weighted by atomic mass is 10.9. The molecule has 5 heteroatoms. The molecule has 0 fully saturated rings. The van der Waals surface area contributed by atoms with E-state index in [4.69, 9.17) is 15.3 Å². The Morgan fingerprint density at radius 1 is 1.25 bits per heavy atom. The molecule has 0 aliphatic rings. The average molecular weight is 124 g/mol. The van der Waals surface area contributed by atoms with Crippen LogP contribution in [-0.4, -0.2) is 35.5 Å². The third-order valence-corrected chi connectivity index (χ3v) is 0.335. The van der Waals surface area contributed by atoms with E-state index < -0.39 is 6.10 Å². The van der Waals surface area contributed by atoms with Crippen LogP contribution in [0.5, 0.6) is 0 Å². The lowest BCUT2D eigenvalue weighted by Gasteiger charge is -2.09. The smallest absolute Gasteiger partial charge is 0.333 e. The van der Waals surface area contributed by atoms with E-state index >= 15 is 0 Å². The van der Waals surface area contributed by atoms with Gasteiger partial charge in [-0.1, -0.05) is 0 Å². The lowest BCUT2D eigenvalue weighted by molar-refractivity contribution is -0.328. The molecule has 0 aromatic carbocycles. The zero-order chi connectivity index (χ0) is 7.21. The van der Waals surface area contributed by atoms with E-state index in [0.717, 1.165) is 0 Å². The maximum Gasteiger partial charge on any atom is 0.342 e. The van der Waals surface area contributed by atoms with E-state index in [2.05, 4.69) is 5.73 Å². The summed E-state index contributed by atoms with van der Waals surface area (Å²) in [6, 6.07) is 0. The van der Waals surface area contributed by atoms with Crippen LogP contribution in [0.3, 0.4) is 0 Å². The average Bonchev–Trinajstić information content (AvgIpc) is 1.71. The molecule has 0 amide bonds. The van der Waals surface area contributed by atoms with E-state index in [1.54, 1.807) is 5.32 Å². The molecule has 0 heterocycles. The summed E-state index contributed by atoms with van der Waals surface area (Å²) in [6.07, 6.45) is -2.71. The van der Waals surface area contributed by atoms with Gasteiger partial charge in [-0.25, -0.2) is 5.32 Å². The van der Waals surface area contributed by atoms with Crippen molar-refractivity contribution >= 4 is 0 Å². The van der Waals surface area contributed by atoms with Gasteiger partial charge in [0.2, 0.25) is 0 Å². The molecule has 0 aromatic rings. The Hall–Kier alpha value is -0.200. The largest absolute Gasteiger partial charge is 0.342 e. The molecule has 0 radical (unpaired) electrons. The molecule has 52 valence electrons. The molecule has 0 rings (SSSR count). The van der Waals surface area contributed by atoms with Crippen LogP contribution in [0, 0.1) is 0 Å². The van der Waals surface area contributed by atoms with E-state index in [1.807, 2.05) is 0 Å². The first kappa shape index (κ1) is 10.7. The molecular formula is C3H12N2O3. The van der Waals surface area contributed by atoms with Crippen molar-refractivity contribution in [3.8, 4) is 0 Å². The van der Waals surface area contributed by atoms with Crippen LogP contribution in [0.4, 0.5) is 0 Å². The minimum Gasteiger partial charge on any atom is -0.333 e. The van der Waals surface area contributed by atoms with Gasteiger partial charge in [-0.05, 0) is 14.1 Å². The van der Waals surface area contributed by atoms with Gasteiger partial charge in [0.05, 0.1) is 0 Å². The van der Waals surface area contributed by atoms with Gasteiger partial charge in [0.15, 0.2) is 0 Å². The number of rotatable bonds is 1. The summed E-state index contributed by atoms with van der Waals surface area (Å²) in [4.78, 5) is 0. The summed E-state index contributed by atoms with van der Waals surface area (Å²) in [5, 5.41) is 25.3. The maximum atomic E-state index is 7.83. The molecular weight excluding hydrogens is 112 g/mol. The van der Waals surface area contributed by atoms with Crippen LogP contribution in [0.2, 0.25) is 0 Å². The van der Waals surface area contributed by atoms with Crippen molar-refractivity contribution in [2.75, 3.05) is 14.1 Å². The van der Waals surface area contributed by atoms with Gasteiger partial charge in [0.1, 0.15) is 0 Å². The van der Waals surface area contributed by atoms with Crippen molar-refractivity contribution in [2.24, 2.45) is 5.73 Å². The van der Waals surface area contributed by atoms with Crippen LogP contribution in [0.15, 0.2) is 0 Å². The first-order valence-electron chi connectivity index (χ1n) is 2.00. The summed E-state index contributed by atoms with van der Waals surface area (Å²) in [6.45, 7) is 0. The lowest BCUT2D eigenvalue weighted by Crippen LogP contribution is -2.41. The van der Waals surface area contributed by atoms with Crippen molar-refractivity contribution in [3.63, 3.8) is 0 Å². The fourth-order valence-electron chi connectivity index (χ4n) is 0. The Labute approximate surface area is 47.7 Å². The Morgan fingerprint density at radius 3 is 1.38 bits per heavy atom. The number of nitrogens with one attached hydrogen (secondary N) is 1. The van der Waals surface area contributed by atoms with Gasteiger partial charge in [0, 0.05) is 0 Å². The van der Waals surface area contributed by atoms with Crippen molar-refractivity contribution in [1.29, 1.82) is 0 Å². The second kappa shape index (κ2) is 4.95. The quantitative estimate of drug-likeness (QED) is 0.246. The topological polar surface area (TPSA) is 98.7 Å². The number of nitrogens with two attached hydrogens (primary N) is 1. The van der Waals surface area contributed by atoms with Crippen LogP contribution in [0.1, 0.15) is 0 Å². The van der Waals surface area contributed by atoms with Crippen LogP contribution in [0.25, 0.3) is 0 Å². The van der Waals surface area contributed by atoms with Crippen LogP contribution in [-0.2, 0) is 0 Å². The molecule has 5 nitrogen and oxygen atoms in total. The molecule has 6 N–H and O–H groups in total. The zero-order valence-corrected chi connectivity index (χ0v) is 4.92. The highest BCUT2D eigenvalue weighted by Gasteiger charge is 2.11. The monoisotopic (exact) mass is 124 g/mol. The van der Waals surface area contributed by atoms with E-state index in [0.29, 0.717) is 0 Å². The fraction of sp³-hybridized carbons (Fsp3) is 1.00. The van der Waals surface area contributed by atoms with Crippen LogP contribution < -0.4 is 11.1 Å². The molecule has 0 saturated carbocycles. The normalized spacial score (nSPS) is 9.75. The highest BCUT2D eigenvalue weighted by molar-refractivity contribution is 4.29. The van der Waals surface area contributed by atoms with E-state index in [1.165, 1.54) is 14.1 Å². The molecule has 8 heavy (non-hydrogen) atoms. The van der Waals surface area contributed by atoms with Crippen LogP contribution >= 0.6 is 0 Å². The Morgan fingerprint density at radius 2 is 1.38 bits per heavy atom. The molecule has 0 bridgehead atoms. The Balaban J connectivity index is 0. The van der Waals surface area contributed by atoms with Gasteiger partial charge in [-0.15, -0.1) is 0 Å². The minimum absolute atomic E-state index is 1.21. The zero-order valence-electron chi connectivity index (χ0n) is 4.92. The molecule has 0 aliphatic carbocycles. The van der Waals surface area contributed by atoms with Gasteiger partial charge >= 0.3 is 6.10 Å². The predicted molar refractivity (Wildman–Crippen MR) is 28.6 cm³/mol. The SMILES string of the molecule is CN.CNC(O)(O)O. The van der Waals surface area contributed by atoms with Gasteiger partial charge in [-0.2, -0.15) is 0 Å². The molecule has 0 unspecified atom stereocenters. The number of hydrogen-bond acceptors (Lipinski definition) is 5. The number of aliphatic hydroxyl groups is 3. The summed E-state index contributed by atoms with van der Waals surface area (Å²) in [7, 11) is 2.71. The summed E-state index contributed by atoms with van der Waals surface area (Å²) < 4.78 is 0. The number of hydrogen-bond donors (Lipinski definition) is 5. The molecule has 0 saturated heterocycles. The minimum atomic E-state index is -2.71. The maximum absolute atomic E-state index is 7.83. The third kappa shape index (κ3) is 17.0. The van der Waals surface area contributed by atoms with Gasteiger partial charge in [-0.3, -0.25) is 0 Å². The predicted octanol–water partition coefficient (Wildman–Crippen LogP) is -2.63.